The van der Waals surface area contributed by atoms with Crippen LogP contribution in [0.3, 0.4) is 0 Å². The van der Waals surface area contributed by atoms with Gasteiger partial charge in [0.15, 0.2) is 5.13 Å². The van der Waals surface area contributed by atoms with E-state index in [-0.39, 0.29) is 17.9 Å². The first kappa shape index (κ1) is 25.3. The van der Waals surface area contributed by atoms with Gasteiger partial charge in [-0.2, -0.15) is 0 Å². The van der Waals surface area contributed by atoms with E-state index in [9.17, 15) is 23.9 Å². The number of nitrogens with two attached hydrogens (primary N) is 1. The number of nitrogens with zero attached hydrogens (tertiary/aromatic N) is 2. The van der Waals surface area contributed by atoms with Crippen molar-refractivity contribution in [3.05, 3.63) is 89.6 Å². The van der Waals surface area contributed by atoms with E-state index in [0.29, 0.717) is 16.5 Å². The minimum atomic E-state index is -1.38. The van der Waals surface area contributed by atoms with Crippen LogP contribution in [0, 0.1) is 5.82 Å². The number of rotatable bonds is 9. The normalized spacial score (nSPS) is 10.5. The molecule has 0 bridgehead atoms. The molecule has 4 rings (SSSR count). The fraction of sp³-hybridized carbons (Fsp3) is 0.0769. The number of ether oxygens (including phenoxy) is 1. The third kappa shape index (κ3) is 6.67. The predicted molar refractivity (Wildman–Crippen MR) is 136 cm³/mol. The zero-order valence-corrected chi connectivity index (χ0v) is 20.0. The summed E-state index contributed by atoms with van der Waals surface area (Å²) in [5.41, 5.74) is 8.28. The molecular formula is C26H20FN4O5S-. The van der Waals surface area contributed by atoms with Crippen LogP contribution in [-0.4, -0.2) is 35.9 Å². The van der Waals surface area contributed by atoms with Crippen LogP contribution in [0.5, 0.6) is 5.75 Å². The molecule has 0 atom stereocenters. The number of thiazole rings is 1. The van der Waals surface area contributed by atoms with Gasteiger partial charge in [0.1, 0.15) is 24.7 Å². The van der Waals surface area contributed by atoms with Crippen molar-refractivity contribution < 1.29 is 28.6 Å². The van der Waals surface area contributed by atoms with Gasteiger partial charge in [0.25, 0.3) is 5.91 Å². The average Bonchev–Trinajstić information content (AvgIpc) is 3.33. The third-order valence-corrected chi connectivity index (χ3v) is 5.80. The number of hydrogen-bond acceptors (Lipinski definition) is 8. The van der Waals surface area contributed by atoms with Crippen LogP contribution < -0.4 is 25.8 Å². The van der Waals surface area contributed by atoms with Gasteiger partial charge in [-0.1, -0.05) is 12.1 Å². The van der Waals surface area contributed by atoms with Crippen LogP contribution in [0.4, 0.5) is 20.9 Å². The molecule has 4 aromatic rings. The molecule has 0 aliphatic rings. The number of carboxylic acids is 1. The van der Waals surface area contributed by atoms with Crippen molar-refractivity contribution >= 4 is 45.6 Å². The monoisotopic (exact) mass is 519 g/mol. The van der Waals surface area contributed by atoms with Gasteiger partial charge in [-0.15, -0.1) is 11.3 Å². The molecule has 11 heteroatoms. The van der Waals surface area contributed by atoms with Gasteiger partial charge in [-0.25, -0.2) is 9.37 Å². The molecule has 0 spiro atoms. The van der Waals surface area contributed by atoms with Crippen LogP contribution in [0.2, 0.25) is 0 Å². The lowest BCUT2D eigenvalue weighted by atomic mass is 10.1. The number of amides is 2. The minimum Gasteiger partial charge on any atom is -0.546 e. The van der Waals surface area contributed by atoms with E-state index in [4.69, 9.17) is 10.5 Å². The lowest BCUT2D eigenvalue weighted by molar-refractivity contribution is -0.307. The van der Waals surface area contributed by atoms with Crippen molar-refractivity contribution in [2.45, 2.75) is 0 Å². The number of carbonyl (C=O) groups excluding carboxylic acids is 3. The van der Waals surface area contributed by atoms with Crippen molar-refractivity contribution in [3.63, 3.8) is 0 Å². The highest BCUT2D eigenvalue weighted by Gasteiger charge is 2.21. The Morgan fingerprint density at radius 1 is 1.00 bits per heavy atom. The van der Waals surface area contributed by atoms with Crippen LogP contribution in [-0.2, 0) is 9.59 Å². The van der Waals surface area contributed by atoms with E-state index >= 15 is 0 Å². The summed E-state index contributed by atoms with van der Waals surface area (Å²) in [5, 5.41) is 15.7. The second-order valence-corrected chi connectivity index (χ2v) is 8.64. The summed E-state index contributed by atoms with van der Waals surface area (Å²) in [6.07, 6.45) is 0. The second kappa shape index (κ2) is 11.3. The highest BCUT2D eigenvalue weighted by molar-refractivity contribution is 7.13. The van der Waals surface area contributed by atoms with E-state index < -0.39 is 30.2 Å². The second-order valence-electron chi connectivity index (χ2n) is 7.75. The molecule has 0 fully saturated rings. The number of aliphatic carboxylic acids is 1. The number of hydrogen-bond donors (Lipinski definition) is 2. The van der Waals surface area contributed by atoms with Gasteiger partial charge in [0.05, 0.1) is 11.7 Å². The smallest absolute Gasteiger partial charge is 0.258 e. The maximum atomic E-state index is 13.4. The summed E-state index contributed by atoms with van der Waals surface area (Å²) in [7, 11) is 0. The number of nitrogen functional groups attached to an aromatic ring is 1. The van der Waals surface area contributed by atoms with E-state index in [1.54, 1.807) is 24.3 Å². The molecule has 0 saturated heterocycles. The van der Waals surface area contributed by atoms with Crippen molar-refractivity contribution in [2.75, 3.05) is 29.1 Å². The Hall–Kier alpha value is -4.77. The molecule has 0 aliphatic carbocycles. The maximum Gasteiger partial charge on any atom is 0.258 e. The summed E-state index contributed by atoms with van der Waals surface area (Å²) in [6.45, 7) is -0.978. The Bertz CT molecular complexity index is 1410. The number of carbonyl (C=O) groups is 3. The topological polar surface area (TPSA) is 138 Å². The lowest BCUT2D eigenvalue weighted by Gasteiger charge is -2.23. The van der Waals surface area contributed by atoms with Gasteiger partial charge < -0.3 is 25.7 Å². The largest absolute Gasteiger partial charge is 0.546 e. The first-order valence-electron chi connectivity index (χ1n) is 10.9. The molecular weight excluding hydrogens is 499 g/mol. The Kier molecular flexibility index (Phi) is 7.74. The predicted octanol–water partition coefficient (Wildman–Crippen LogP) is 2.95. The number of anilines is 3. The lowest BCUT2D eigenvalue weighted by Crippen LogP contribution is -2.38. The summed E-state index contributed by atoms with van der Waals surface area (Å²) in [4.78, 5) is 42.2. The molecule has 0 aliphatic heterocycles. The van der Waals surface area contributed by atoms with E-state index in [2.05, 4.69) is 10.3 Å². The maximum absolute atomic E-state index is 13.4. The molecule has 9 nitrogen and oxygen atoms in total. The van der Waals surface area contributed by atoms with Crippen LogP contribution in [0.1, 0.15) is 10.4 Å². The molecule has 1 heterocycles. The van der Waals surface area contributed by atoms with Crippen molar-refractivity contribution in [1.29, 1.82) is 0 Å². The molecule has 3 aromatic carbocycles. The highest BCUT2D eigenvalue weighted by atomic mass is 32.1. The average molecular weight is 520 g/mol. The molecule has 0 unspecified atom stereocenters. The van der Waals surface area contributed by atoms with E-state index in [1.807, 2.05) is 5.38 Å². The van der Waals surface area contributed by atoms with Crippen LogP contribution in [0.15, 0.2) is 78.2 Å². The molecule has 0 saturated carbocycles. The zero-order chi connectivity index (χ0) is 26.4. The fourth-order valence-corrected chi connectivity index (χ4v) is 3.95. The third-order valence-electron chi connectivity index (χ3n) is 5.13. The molecule has 37 heavy (non-hydrogen) atoms. The Morgan fingerprint density at radius 3 is 2.27 bits per heavy atom. The molecule has 2 amide bonds. The number of nitrogens with one attached hydrogen (secondary N) is 1. The Labute approximate surface area is 214 Å². The minimum absolute atomic E-state index is 0.179. The van der Waals surface area contributed by atoms with Crippen LogP contribution >= 0.6 is 11.3 Å². The zero-order valence-electron chi connectivity index (χ0n) is 19.2. The van der Waals surface area contributed by atoms with Crippen molar-refractivity contribution in [2.24, 2.45) is 0 Å². The first-order chi connectivity index (χ1) is 17.8. The number of halogens is 1. The quantitative estimate of drug-likeness (QED) is 0.347. The number of aromatic nitrogens is 1. The van der Waals surface area contributed by atoms with Crippen LogP contribution in [0.25, 0.3) is 11.3 Å². The summed E-state index contributed by atoms with van der Waals surface area (Å²) in [6, 6.07) is 17.9. The molecule has 1 aromatic heterocycles. The van der Waals surface area contributed by atoms with E-state index in [0.717, 1.165) is 23.4 Å². The summed E-state index contributed by atoms with van der Waals surface area (Å²) in [5.74, 6) is -2.64. The highest BCUT2D eigenvalue weighted by Crippen LogP contribution is 2.25. The molecule has 188 valence electrons. The standard InChI is InChI=1S/C26H21FN4O5S/c27-18-5-1-17(2-6-18)25(35)31(20-9-11-21(12-10-20)36-14-24(33)34)13-23(32)29-19-7-3-16(4-8-19)22-15-37-26(28)30-22/h1-12,15H,13-14H2,(H2,28,30)(H,29,32)(H,33,34)/p-1. The summed E-state index contributed by atoms with van der Waals surface area (Å²) < 4.78 is 18.4. The fourth-order valence-electron chi connectivity index (χ4n) is 3.38. The van der Waals surface area contributed by atoms with Crippen molar-refractivity contribution in [3.8, 4) is 17.0 Å². The Balaban J connectivity index is 1.51. The van der Waals surface area contributed by atoms with Gasteiger partial charge in [-0.05, 0) is 60.7 Å². The van der Waals surface area contributed by atoms with Gasteiger partial charge in [0.2, 0.25) is 5.91 Å². The van der Waals surface area contributed by atoms with E-state index in [1.165, 1.54) is 52.6 Å². The van der Waals surface area contributed by atoms with Gasteiger partial charge in [-0.3, -0.25) is 14.5 Å². The van der Waals surface area contributed by atoms with Gasteiger partial charge in [0, 0.05) is 27.9 Å². The summed E-state index contributed by atoms with van der Waals surface area (Å²) >= 11 is 1.33. The van der Waals surface area contributed by atoms with Crippen molar-refractivity contribution in [1.82, 2.24) is 4.98 Å². The number of carboxylic acid groups (broad SMARTS) is 1. The van der Waals surface area contributed by atoms with Gasteiger partial charge >= 0.3 is 0 Å². The first-order valence-corrected chi connectivity index (χ1v) is 11.8. The molecule has 3 N–H and O–H groups in total. The molecule has 0 radical (unpaired) electrons. The Morgan fingerprint density at radius 2 is 1.68 bits per heavy atom. The number of benzene rings is 3. The SMILES string of the molecule is Nc1nc(-c2ccc(NC(=O)CN(C(=O)c3ccc(F)cc3)c3ccc(OCC(=O)[O-])cc3)cc2)cs1.